The molecule has 1 saturated heterocycles. The van der Waals surface area contributed by atoms with Crippen molar-refractivity contribution in [2.45, 2.75) is 19.4 Å². The van der Waals surface area contributed by atoms with Gasteiger partial charge in [-0.05, 0) is 60.4 Å². The fourth-order valence-corrected chi connectivity index (χ4v) is 3.50. The summed E-state index contributed by atoms with van der Waals surface area (Å²) in [5.74, 6) is 0.982. The standard InChI is InChI=1S/C14H20BrFN2O/c1-8-4-10(16)13(15)12(14(8)19-3)11-5-9(6-17)7-18(11)2/h4,9,11H,5-7,17H2,1-3H3. The van der Waals surface area contributed by atoms with E-state index in [0.717, 1.165) is 29.8 Å². The number of rotatable bonds is 3. The lowest BCUT2D eigenvalue weighted by Crippen LogP contribution is -2.21. The summed E-state index contributed by atoms with van der Waals surface area (Å²) >= 11 is 3.37. The molecule has 1 heterocycles. The van der Waals surface area contributed by atoms with Gasteiger partial charge >= 0.3 is 0 Å². The Morgan fingerprint density at radius 1 is 1.58 bits per heavy atom. The number of aryl methyl sites for hydroxylation is 1. The molecule has 1 fully saturated rings. The maximum absolute atomic E-state index is 14.0. The van der Waals surface area contributed by atoms with Crippen LogP contribution in [0.25, 0.3) is 0 Å². The highest BCUT2D eigenvalue weighted by Crippen LogP contribution is 2.44. The predicted molar refractivity (Wildman–Crippen MR) is 77.9 cm³/mol. The number of hydrogen-bond donors (Lipinski definition) is 1. The average Bonchev–Trinajstić information content (AvgIpc) is 2.74. The van der Waals surface area contributed by atoms with Gasteiger partial charge in [-0.15, -0.1) is 0 Å². The second-order valence-electron chi connectivity index (χ2n) is 5.23. The van der Waals surface area contributed by atoms with E-state index in [0.29, 0.717) is 16.9 Å². The van der Waals surface area contributed by atoms with Gasteiger partial charge in [0.15, 0.2) is 0 Å². The summed E-state index contributed by atoms with van der Waals surface area (Å²) in [7, 11) is 3.68. The number of nitrogens with two attached hydrogens (primary N) is 1. The molecule has 5 heteroatoms. The van der Waals surface area contributed by atoms with Gasteiger partial charge in [0.2, 0.25) is 0 Å². The highest BCUT2D eigenvalue weighted by molar-refractivity contribution is 9.10. The first-order valence-corrected chi connectivity index (χ1v) is 7.21. The topological polar surface area (TPSA) is 38.5 Å². The average molecular weight is 331 g/mol. The van der Waals surface area contributed by atoms with Crippen molar-refractivity contribution in [2.75, 3.05) is 27.2 Å². The van der Waals surface area contributed by atoms with Crippen molar-refractivity contribution in [1.29, 1.82) is 0 Å². The molecular formula is C14H20BrFN2O. The van der Waals surface area contributed by atoms with Crippen LogP contribution >= 0.6 is 15.9 Å². The number of ether oxygens (including phenoxy) is 1. The fraction of sp³-hybridized carbons (Fsp3) is 0.571. The molecule has 0 spiro atoms. The van der Waals surface area contributed by atoms with E-state index in [9.17, 15) is 4.39 Å². The Morgan fingerprint density at radius 3 is 2.79 bits per heavy atom. The molecule has 3 nitrogen and oxygen atoms in total. The third-order valence-electron chi connectivity index (χ3n) is 3.90. The van der Waals surface area contributed by atoms with Crippen molar-refractivity contribution in [3.8, 4) is 5.75 Å². The van der Waals surface area contributed by atoms with Gasteiger partial charge in [0.1, 0.15) is 11.6 Å². The highest BCUT2D eigenvalue weighted by Gasteiger charge is 2.34. The number of benzene rings is 1. The largest absolute Gasteiger partial charge is 0.496 e. The Morgan fingerprint density at radius 2 is 2.26 bits per heavy atom. The summed E-state index contributed by atoms with van der Waals surface area (Å²) in [4.78, 5) is 2.22. The first-order chi connectivity index (χ1) is 8.99. The minimum atomic E-state index is -0.238. The smallest absolute Gasteiger partial charge is 0.138 e. The van der Waals surface area contributed by atoms with E-state index >= 15 is 0 Å². The molecule has 1 aromatic carbocycles. The highest BCUT2D eigenvalue weighted by atomic mass is 79.9. The van der Waals surface area contributed by atoms with Crippen LogP contribution in [0.15, 0.2) is 10.5 Å². The van der Waals surface area contributed by atoms with Gasteiger partial charge in [0.05, 0.1) is 11.6 Å². The number of likely N-dealkylation sites (tertiary alicyclic amines) is 1. The predicted octanol–water partition coefficient (Wildman–Crippen LogP) is 2.86. The van der Waals surface area contributed by atoms with E-state index in [1.54, 1.807) is 7.11 Å². The summed E-state index contributed by atoms with van der Waals surface area (Å²) < 4.78 is 20.0. The Bertz CT molecular complexity index is 481. The molecule has 0 amide bonds. The maximum Gasteiger partial charge on any atom is 0.138 e. The minimum absolute atomic E-state index is 0.146. The maximum atomic E-state index is 14.0. The lowest BCUT2D eigenvalue weighted by atomic mass is 9.97. The molecule has 2 atom stereocenters. The number of hydrogen-bond acceptors (Lipinski definition) is 3. The summed E-state index contributed by atoms with van der Waals surface area (Å²) in [6.07, 6.45) is 0.935. The lowest BCUT2D eigenvalue weighted by Gasteiger charge is -2.24. The summed E-state index contributed by atoms with van der Waals surface area (Å²) in [6.45, 7) is 3.47. The molecule has 1 aromatic rings. The molecule has 0 saturated carbocycles. The van der Waals surface area contributed by atoms with E-state index in [-0.39, 0.29) is 11.9 Å². The van der Waals surface area contributed by atoms with E-state index in [1.807, 2.05) is 14.0 Å². The fourth-order valence-electron chi connectivity index (χ4n) is 2.94. The lowest BCUT2D eigenvalue weighted by molar-refractivity contribution is 0.300. The van der Waals surface area contributed by atoms with Gasteiger partial charge in [-0.1, -0.05) is 0 Å². The molecule has 2 rings (SSSR count). The zero-order valence-corrected chi connectivity index (χ0v) is 13.1. The zero-order valence-electron chi connectivity index (χ0n) is 11.5. The van der Waals surface area contributed by atoms with Crippen molar-refractivity contribution in [3.63, 3.8) is 0 Å². The van der Waals surface area contributed by atoms with Crippen LogP contribution in [-0.2, 0) is 0 Å². The second kappa shape index (κ2) is 5.77. The van der Waals surface area contributed by atoms with Gasteiger partial charge in [-0.25, -0.2) is 4.39 Å². The van der Waals surface area contributed by atoms with Gasteiger partial charge in [0.25, 0.3) is 0 Å². The van der Waals surface area contributed by atoms with Crippen LogP contribution in [0.3, 0.4) is 0 Å². The SMILES string of the molecule is COc1c(C)cc(F)c(Br)c1C1CC(CN)CN1C. The van der Waals surface area contributed by atoms with Crippen molar-refractivity contribution < 1.29 is 9.13 Å². The van der Waals surface area contributed by atoms with Crippen LogP contribution in [0.2, 0.25) is 0 Å². The zero-order chi connectivity index (χ0) is 14.2. The third kappa shape index (κ3) is 2.64. The first kappa shape index (κ1) is 14.8. The first-order valence-electron chi connectivity index (χ1n) is 6.42. The molecule has 1 aliphatic rings. The van der Waals surface area contributed by atoms with E-state index in [1.165, 1.54) is 6.07 Å². The van der Waals surface area contributed by atoms with Gasteiger partial charge in [-0.3, -0.25) is 4.90 Å². The normalized spacial score (nSPS) is 23.9. The molecule has 0 bridgehead atoms. The molecule has 2 unspecified atom stereocenters. The van der Waals surface area contributed by atoms with Crippen LogP contribution in [0.4, 0.5) is 4.39 Å². The van der Waals surface area contributed by atoms with Crippen LogP contribution < -0.4 is 10.5 Å². The summed E-state index contributed by atoms with van der Waals surface area (Å²) in [5, 5.41) is 0. The Balaban J connectivity index is 2.49. The molecule has 0 aliphatic carbocycles. The molecule has 19 heavy (non-hydrogen) atoms. The minimum Gasteiger partial charge on any atom is -0.496 e. The second-order valence-corrected chi connectivity index (χ2v) is 6.02. The van der Waals surface area contributed by atoms with E-state index < -0.39 is 0 Å². The summed E-state index contributed by atoms with van der Waals surface area (Å²) in [5.41, 5.74) is 7.48. The number of nitrogens with zero attached hydrogens (tertiary/aromatic N) is 1. The van der Waals surface area contributed by atoms with E-state index in [4.69, 9.17) is 10.5 Å². The molecule has 106 valence electrons. The van der Waals surface area contributed by atoms with Crippen LogP contribution in [-0.4, -0.2) is 32.1 Å². The molecular weight excluding hydrogens is 311 g/mol. The van der Waals surface area contributed by atoms with E-state index in [2.05, 4.69) is 20.8 Å². The van der Waals surface area contributed by atoms with Crippen LogP contribution in [0.5, 0.6) is 5.75 Å². The quantitative estimate of drug-likeness (QED) is 0.926. The van der Waals surface area contributed by atoms with Crippen molar-refractivity contribution in [3.05, 3.63) is 27.5 Å². The van der Waals surface area contributed by atoms with Gasteiger partial charge in [0, 0.05) is 18.2 Å². The Hall–Kier alpha value is -0.650. The number of halogens is 2. The third-order valence-corrected chi connectivity index (χ3v) is 4.70. The molecule has 1 aliphatic heterocycles. The molecule has 0 aromatic heterocycles. The van der Waals surface area contributed by atoms with Crippen molar-refractivity contribution in [1.82, 2.24) is 4.90 Å². The number of methoxy groups -OCH3 is 1. The van der Waals surface area contributed by atoms with Crippen molar-refractivity contribution >= 4 is 15.9 Å². The summed E-state index contributed by atoms with van der Waals surface area (Å²) in [6, 6.07) is 1.65. The Labute approximate surface area is 122 Å². The Kier molecular flexibility index (Phi) is 4.48. The molecule has 2 N–H and O–H groups in total. The monoisotopic (exact) mass is 330 g/mol. The van der Waals surface area contributed by atoms with Crippen molar-refractivity contribution in [2.24, 2.45) is 11.7 Å². The van der Waals surface area contributed by atoms with Crippen LogP contribution in [0.1, 0.15) is 23.6 Å². The van der Waals surface area contributed by atoms with Gasteiger partial charge in [-0.2, -0.15) is 0 Å². The van der Waals surface area contributed by atoms with Gasteiger partial charge < -0.3 is 10.5 Å². The van der Waals surface area contributed by atoms with Crippen LogP contribution in [0, 0.1) is 18.7 Å². The molecule has 0 radical (unpaired) electrons.